The molecule has 0 saturated carbocycles. The molecule has 0 bridgehead atoms. The van der Waals surface area contributed by atoms with Gasteiger partial charge in [0, 0.05) is 189 Å². The van der Waals surface area contributed by atoms with Crippen LogP contribution < -0.4 is 67.1 Å². The molecule has 0 aromatic rings. The quantitative estimate of drug-likeness (QED) is 0.0359. The van der Waals surface area contributed by atoms with E-state index in [9.17, 15) is 0 Å². The van der Waals surface area contributed by atoms with Gasteiger partial charge in [-0.3, -0.25) is 19.6 Å². The zero-order chi connectivity index (χ0) is 49.6. The summed E-state index contributed by atoms with van der Waals surface area (Å²) < 4.78 is 0. The molecule has 20 N–H and O–H groups in total. The van der Waals surface area contributed by atoms with Gasteiger partial charge < -0.3 is 76.9 Å². The normalized spacial score (nSPS) is 11.9. The van der Waals surface area contributed by atoms with E-state index in [0.29, 0.717) is 32.7 Å². The van der Waals surface area contributed by atoms with Crippen LogP contribution in [0.2, 0.25) is 0 Å². The summed E-state index contributed by atoms with van der Waals surface area (Å²) in [5, 5.41) is 14.1. The monoisotopic (exact) mass is 981 g/mol. The summed E-state index contributed by atoms with van der Waals surface area (Å²) in [5.41, 5.74) is 46.0. The minimum absolute atomic E-state index is 0. The van der Waals surface area contributed by atoms with Gasteiger partial charge in [-0.15, -0.1) is 0 Å². The van der Waals surface area contributed by atoms with E-state index in [0.717, 1.165) is 196 Å². The second-order valence-corrected chi connectivity index (χ2v) is 17.8. The molecule has 0 rings (SSSR count). The van der Waals surface area contributed by atoms with E-state index in [1.165, 1.54) is 44.9 Å². The first-order valence-electron chi connectivity index (χ1n) is 27.0. The number of unbranched alkanes of at least 4 members (excludes halogenated alkanes) is 4. The molecule has 0 radical (unpaired) electrons. The van der Waals surface area contributed by atoms with Crippen molar-refractivity contribution in [1.29, 1.82) is 0 Å². The Morgan fingerprint density at radius 2 is 0.603 bits per heavy atom. The fraction of sp³-hybridized carbons (Fsp3) is 1.00. The molecule has 0 aromatic heterocycles. The van der Waals surface area contributed by atoms with Crippen molar-refractivity contribution in [2.45, 2.75) is 113 Å². The second-order valence-electron chi connectivity index (χ2n) is 17.8. The largest absolute Gasteiger partial charge is 0.330 e. The molecule has 68 heavy (non-hydrogen) atoms. The molecule has 418 valence electrons. The third kappa shape index (κ3) is 57.9. The maximum absolute atomic E-state index is 6.09. The van der Waals surface area contributed by atoms with Crippen molar-refractivity contribution >= 4 is 0 Å². The van der Waals surface area contributed by atoms with Gasteiger partial charge in [0.2, 0.25) is 0 Å². The Bertz CT molecular complexity index is 856. The molecule has 0 saturated heterocycles. The van der Waals surface area contributed by atoms with Crippen LogP contribution in [0.4, 0.5) is 0 Å². The zero-order valence-electron chi connectivity index (χ0n) is 44.6. The van der Waals surface area contributed by atoms with Gasteiger partial charge in [0.15, 0.2) is 0 Å². The number of nitrogens with one attached hydrogen (secondary N) is 4. The SMILES string of the molecule is C.C.CCCCCCN(CCNCCN(CCNCCN)CCN(CCNCCC)CCN(CCN)CCN(CCN)CCC(C)N)CCN(CCN)CCN.CCCCN.CCCNCCN. The zero-order valence-corrected chi connectivity index (χ0v) is 44.6. The highest BCUT2D eigenvalue weighted by molar-refractivity contribution is 4.73. The third-order valence-electron chi connectivity index (χ3n) is 11.4. The van der Waals surface area contributed by atoms with Crippen LogP contribution in [0.15, 0.2) is 0 Å². The number of hydrogen-bond acceptors (Lipinski definition) is 18. The summed E-state index contributed by atoms with van der Waals surface area (Å²) in [4.78, 5) is 15.3. The summed E-state index contributed by atoms with van der Waals surface area (Å²) in [7, 11) is 0. The molecule has 0 aliphatic rings. The van der Waals surface area contributed by atoms with Gasteiger partial charge in [-0.05, 0) is 71.8 Å². The van der Waals surface area contributed by atoms with E-state index in [2.05, 4.69) is 85.3 Å². The van der Waals surface area contributed by atoms with Crippen molar-refractivity contribution in [3.8, 4) is 0 Å². The summed E-state index contributed by atoms with van der Waals surface area (Å²) in [5.74, 6) is 0. The maximum Gasteiger partial charge on any atom is 0.0110 e. The molecular formula is C50H128N18. The summed E-state index contributed by atoms with van der Waals surface area (Å²) in [6, 6.07) is 0.206. The molecule has 0 aliphatic heterocycles. The number of rotatable bonds is 50. The average molecular weight is 982 g/mol. The Labute approximate surface area is 424 Å². The lowest BCUT2D eigenvalue weighted by atomic mass is 10.2. The van der Waals surface area contributed by atoms with Crippen molar-refractivity contribution < 1.29 is 0 Å². The van der Waals surface area contributed by atoms with E-state index in [4.69, 9.17) is 45.9 Å². The first-order chi connectivity index (χ1) is 32.2. The minimum Gasteiger partial charge on any atom is -0.330 e. The van der Waals surface area contributed by atoms with Crippen LogP contribution in [0.5, 0.6) is 0 Å². The van der Waals surface area contributed by atoms with E-state index in [-0.39, 0.29) is 20.9 Å². The summed E-state index contributed by atoms with van der Waals surface area (Å²) in [6.07, 6.45) is 10.9. The molecule has 0 fully saturated rings. The summed E-state index contributed by atoms with van der Waals surface area (Å²) in [6.45, 7) is 41.9. The van der Waals surface area contributed by atoms with Gasteiger partial charge in [-0.1, -0.05) is 68.2 Å². The molecule has 0 aromatic carbocycles. The van der Waals surface area contributed by atoms with Crippen molar-refractivity contribution in [3.63, 3.8) is 0 Å². The highest BCUT2D eigenvalue weighted by Gasteiger charge is 2.15. The molecule has 0 aliphatic carbocycles. The lowest BCUT2D eigenvalue weighted by Gasteiger charge is -2.31. The van der Waals surface area contributed by atoms with Gasteiger partial charge in [0.25, 0.3) is 0 Å². The van der Waals surface area contributed by atoms with Gasteiger partial charge in [0.05, 0.1) is 0 Å². The second kappa shape index (κ2) is 64.3. The molecule has 18 heteroatoms. The molecule has 1 unspecified atom stereocenters. The highest BCUT2D eigenvalue weighted by atomic mass is 15.3. The van der Waals surface area contributed by atoms with Crippen molar-refractivity contribution in [2.75, 3.05) is 216 Å². The molecule has 18 nitrogen and oxygen atoms in total. The van der Waals surface area contributed by atoms with Crippen LogP contribution in [0.3, 0.4) is 0 Å². The van der Waals surface area contributed by atoms with Crippen molar-refractivity contribution in [3.05, 3.63) is 0 Å². The van der Waals surface area contributed by atoms with Crippen LogP contribution in [-0.4, -0.2) is 251 Å². The van der Waals surface area contributed by atoms with Gasteiger partial charge in [-0.2, -0.15) is 0 Å². The van der Waals surface area contributed by atoms with E-state index >= 15 is 0 Å². The molecule has 0 amide bonds. The van der Waals surface area contributed by atoms with E-state index < -0.39 is 0 Å². The van der Waals surface area contributed by atoms with Crippen LogP contribution in [0, 0.1) is 0 Å². The minimum atomic E-state index is 0. The topological polar surface area (TPSA) is 276 Å². The van der Waals surface area contributed by atoms with E-state index in [1.54, 1.807) is 0 Å². The number of hydrogen-bond donors (Lipinski definition) is 12. The van der Waals surface area contributed by atoms with Gasteiger partial charge >= 0.3 is 0 Å². The van der Waals surface area contributed by atoms with Crippen LogP contribution in [0.25, 0.3) is 0 Å². The predicted octanol–water partition coefficient (Wildman–Crippen LogP) is 0.0504. The first-order valence-corrected chi connectivity index (χ1v) is 27.0. The van der Waals surface area contributed by atoms with Crippen LogP contribution in [-0.2, 0) is 0 Å². The predicted molar refractivity (Wildman–Crippen MR) is 305 cm³/mol. The molecular weight excluding hydrogens is 853 g/mol. The Balaban J connectivity index is -0.000000829. The lowest BCUT2D eigenvalue weighted by Crippen LogP contribution is -2.47. The third-order valence-corrected chi connectivity index (χ3v) is 11.4. The van der Waals surface area contributed by atoms with Gasteiger partial charge in [0.1, 0.15) is 0 Å². The van der Waals surface area contributed by atoms with E-state index in [1.807, 2.05) is 0 Å². The number of nitrogens with zero attached hydrogens (tertiary/aromatic N) is 6. The smallest absolute Gasteiger partial charge is 0.0110 e. The summed E-state index contributed by atoms with van der Waals surface area (Å²) >= 11 is 0. The van der Waals surface area contributed by atoms with Crippen molar-refractivity contribution in [1.82, 2.24) is 50.7 Å². The average Bonchev–Trinajstić information content (AvgIpc) is 3.31. The Morgan fingerprint density at radius 1 is 0.294 bits per heavy atom. The van der Waals surface area contributed by atoms with Crippen molar-refractivity contribution in [2.24, 2.45) is 45.9 Å². The Hall–Kier alpha value is -0.720. The molecule has 0 spiro atoms. The van der Waals surface area contributed by atoms with Crippen LogP contribution >= 0.6 is 0 Å². The fourth-order valence-corrected chi connectivity index (χ4v) is 7.23. The van der Waals surface area contributed by atoms with Crippen LogP contribution in [0.1, 0.15) is 107 Å². The Morgan fingerprint density at radius 3 is 0.926 bits per heavy atom. The first kappa shape index (κ1) is 76.2. The Kier molecular flexibility index (Phi) is 72.0. The molecule has 0 heterocycles. The highest BCUT2D eigenvalue weighted by Crippen LogP contribution is 2.03. The standard InChI is InChI=1S/C39H95N15.C5H14N2.C4H11N.2CH4/c1-4-6-7-8-21-49(31-33-51(24-12-42)25-13-43)27-19-48-20-29-53(28-18-47-16-10-40)36-38-54(30-17-46-15-5-2)37-35-52(26-14-44)34-32-50(23-11-41)22-9-39(3)45;1-2-4-7-5-3-6;1-2-3-4-5;;/h39,46-48H,4-38,40-45H2,1-3H3;7H,2-6H2,1H3;2-5H2,1H3;2*1H4. The number of nitrogens with two attached hydrogens (primary N) is 8. The molecule has 1 atom stereocenters. The lowest BCUT2D eigenvalue weighted by molar-refractivity contribution is 0.162. The fourth-order valence-electron chi connectivity index (χ4n) is 7.23. The maximum atomic E-state index is 6.09. The van der Waals surface area contributed by atoms with Gasteiger partial charge in [-0.25, -0.2) is 0 Å².